The first kappa shape index (κ1) is 12.5. The minimum absolute atomic E-state index is 0.573. The van der Waals surface area contributed by atoms with Crippen LogP contribution in [0.2, 0.25) is 0 Å². The molecule has 6 heteroatoms. The molecule has 0 aliphatic carbocycles. The van der Waals surface area contributed by atoms with Gasteiger partial charge in [0.25, 0.3) is 0 Å². The number of anilines is 1. The van der Waals surface area contributed by atoms with Crippen molar-refractivity contribution in [2.45, 2.75) is 25.4 Å². The predicted octanol–water partition coefficient (Wildman–Crippen LogP) is 1.69. The number of hydrogen-bond acceptors (Lipinski definition) is 6. The lowest BCUT2D eigenvalue weighted by atomic mass is 10.1. The molecule has 100 valence electrons. The van der Waals surface area contributed by atoms with Crippen LogP contribution in [0.3, 0.4) is 0 Å². The normalized spacial score (nSPS) is 16.7. The highest BCUT2D eigenvalue weighted by Gasteiger charge is 2.20. The summed E-state index contributed by atoms with van der Waals surface area (Å²) in [6.45, 7) is 2.91. The topological polar surface area (TPSA) is 53.9 Å². The highest BCUT2D eigenvalue weighted by atomic mass is 32.1. The van der Waals surface area contributed by atoms with E-state index in [-0.39, 0.29) is 0 Å². The van der Waals surface area contributed by atoms with E-state index in [1.165, 1.54) is 0 Å². The molecule has 0 radical (unpaired) electrons. The molecule has 0 bridgehead atoms. The zero-order valence-corrected chi connectivity index (χ0v) is 11.5. The van der Waals surface area contributed by atoms with Gasteiger partial charge in [-0.05, 0) is 18.9 Å². The fourth-order valence-electron chi connectivity index (χ4n) is 2.31. The van der Waals surface area contributed by atoms with Gasteiger partial charge in [-0.15, -0.1) is 11.3 Å². The van der Waals surface area contributed by atoms with Gasteiger partial charge < -0.3 is 10.2 Å². The fourth-order valence-corrected chi connectivity index (χ4v) is 2.88. The van der Waals surface area contributed by atoms with E-state index in [0.29, 0.717) is 6.04 Å². The lowest BCUT2D eigenvalue weighted by Gasteiger charge is -2.32. The van der Waals surface area contributed by atoms with E-state index < -0.39 is 0 Å². The molecular formula is C13H17N5S. The summed E-state index contributed by atoms with van der Waals surface area (Å²) in [6.07, 6.45) is 7.72. The summed E-state index contributed by atoms with van der Waals surface area (Å²) in [5, 5.41) is 6.76. The smallest absolute Gasteiger partial charge is 0.225 e. The average molecular weight is 275 g/mol. The van der Waals surface area contributed by atoms with Crippen LogP contribution in [-0.2, 0) is 6.54 Å². The Morgan fingerprint density at radius 2 is 1.95 bits per heavy atom. The molecule has 0 unspecified atom stereocenters. The summed E-state index contributed by atoms with van der Waals surface area (Å²) in [6, 6.07) is 2.43. The maximum atomic E-state index is 4.30. The quantitative estimate of drug-likeness (QED) is 0.920. The molecule has 1 fully saturated rings. The van der Waals surface area contributed by atoms with E-state index in [1.807, 2.05) is 17.6 Å². The molecule has 1 saturated heterocycles. The molecule has 5 nitrogen and oxygen atoms in total. The van der Waals surface area contributed by atoms with Gasteiger partial charge in [-0.2, -0.15) is 0 Å². The zero-order chi connectivity index (χ0) is 12.9. The SMILES string of the molecule is c1cnc(N2CCC(NCc3nccs3)CC2)nc1. The van der Waals surface area contributed by atoms with Crippen LogP contribution in [0.15, 0.2) is 30.0 Å². The Balaban J connectivity index is 1.47. The third-order valence-electron chi connectivity index (χ3n) is 3.36. The summed E-state index contributed by atoms with van der Waals surface area (Å²) in [4.78, 5) is 15.1. The van der Waals surface area contributed by atoms with Gasteiger partial charge in [-0.25, -0.2) is 15.0 Å². The summed E-state index contributed by atoms with van der Waals surface area (Å²) < 4.78 is 0. The minimum atomic E-state index is 0.573. The first-order chi connectivity index (χ1) is 9.42. The van der Waals surface area contributed by atoms with Gasteiger partial charge in [-0.1, -0.05) is 0 Å². The van der Waals surface area contributed by atoms with E-state index in [2.05, 4.69) is 25.2 Å². The van der Waals surface area contributed by atoms with Gasteiger partial charge in [0.15, 0.2) is 0 Å². The molecule has 1 aliphatic rings. The molecule has 1 N–H and O–H groups in total. The van der Waals surface area contributed by atoms with Crippen molar-refractivity contribution < 1.29 is 0 Å². The van der Waals surface area contributed by atoms with Crippen LogP contribution in [0.4, 0.5) is 5.95 Å². The Morgan fingerprint density at radius 3 is 2.63 bits per heavy atom. The van der Waals surface area contributed by atoms with Crippen LogP contribution < -0.4 is 10.2 Å². The van der Waals surface area contributed by atoms with Crippen molar-refractivity contribution in [2.24, 2.45) is 0 Å². The largest absolute Gasteiger partial charge is 0.341 e. The second-order valence-corrected chi connectivity index (χ2v) is 5.60. The summed E-state index contributed by atoms with van der Waals surface area (Å²) in [7, 11) is 0. The van der Waals surface area contributed by atoms with Crippen molar-refractivity contribution >= 4 is 17.3 Å². The van der Waals surface area contributed by atoms with Crippen LogP contribution in [-0.4, -0.2) is 34.1 Å². The maximum absolute atomic E-state index is 4.30. The summed E-state index contributed by atoms with van der Waals surface area (Å²) >= 11 is 1.70. The molecule has 0 aromatic carbocycles. The summed E-state index contributed by atoms with van der Waals surface area (Å²) in [5.74, 6) is 0.848. The molecule has 3 heterocycles. The van der Waals surface area contributed by atoms with Crippen LogP contribution >= 0.6 is 11.3 Å². The Hall–Kier alpha value is -1.53. The second-order valence-electron chi connectivity index (χ2n) is 4.62. The molecule has 2 aromatic rings. The van der Waals surface area contributed by atoms with Crippen LogP contribution in [0, 0.1) is 0 Å². The minimum Gasteiger partial charge on any atom is -0.341 e. The molecule has 0 atom stereocenters. The molecule has 19 heavy (non-hydrogen) atoms. The van der Waals surface area contributed by atoms with Gasteiger partial charge in [0.1, 0.15) is 5.01 Å². The van der Waals surface area contributed by atoms with Crippen molar-refractivity contribution in [3.8, 4) is 0 Å². The zero-order valence-electron chi connectivity index (χ0n) is 10.7. The van der Waals surface area contributed by atoms with Crippen molar-refractivity contribution in [3.63, 3.8) is 0 Å². The Labute approximate surface area is 116 Å². The lowest BCUT2D eigenvalue weighted by Crippen LogP contribution is -2.42. The third-order valence-corrected chi connectivity index (χ3v) is 4.13. The summed E-state index contributed by atoms with van der Waals surface area (Å²) in [5.41, 5.74) is 0. The number of aromatic nitrogens is 3. The van der Waals surface area contributed by atoms with Gasteiger partial charge in [0.2, 0.25) is 5.95 Å². The highest BCUT2D eigenvalue weighted by molar-refractivity contribution is 7.09. The number of rotatable bonds is 4. The van der Waals surface area contributed by atoms with Crippen molar-refractivity contribution in [3.05, 3.63) is 35.0 Å². The second kappa shape index (κ2) is 6.08. The molecule has 1 aliphatic heterocycles. The van der Waals surface area contributed by atoms with E-state index in [9.17, 15) is 0 Å². The van der Waals surface area contributed by atoms with Crippen molar-refractivity contribution in [1.82, 2.24) is 20.3 Å². The lowest BCUT2D eigenvalue weighted by molar-refractivity contribution is 0.411. The number of piperidine rings is 1. The first-order valence-electron chi connectivity index (χ1n) is 6.55. The number of nitrogens with one attached hydrogen (secondary N) is 1. The monoisotopic (exact) mass is 275 g/mol. The highest BCUT2D eigenvalue weighted by Crippen LogP contribution is 2.15. The maximum Gasteiger partial charge on any atom is 0.225 e. The van der Waals surface area contributed by atoms with Crippen LogP contribution in [0.25, 0.3) is 0 Å². The third kappa shape index (κ3) is 3.27. The Bertz CT molecular complexity index is 479. The van der Waals surface area contributed by atoms with Crippen LogP contribution in [0.5, 0.6) is 0 Å². The standard InChI is InChI=1S/C13H17N5S/c1-4-15-13(16-5-1)18-7-2-11(3-8-18)17-10-12-14-6-9-19-12/h1,4-6,9,11,17H,2-3,7-8,10H2. The van der Waals surface area contributed by atoms with Gasteiger partial charge in [0, 0.05) is 49.6 Å². The first-order valence-corrected chi connectivity index (χ1v) is 7.43. The number of hydrogen-bond donors (Lipinski definition) is 1. The molecule has 0 spiro atoms. The molecule has 2 aromatic heterocycles. The van der Waals surface area contributed by atoms with E-state index in [4.69, 9.17) is 0 Å². The molecule has 0 saturated carbocycles. The molecule has 3 rings (SSSR count). The van der Waals surface area contributed by atoms with Gasteiger partial charge in [0.05, 0.1) is 0 Å². The number of thiazole rings is 1. The number of nitrogens with zero attached hydrogens (tertiary/aromatic N) is 4. The Morgan fingerprint density at radius 1 is 1.16 bits per heavy atom. The van der Waals surface area contributed by atoms with E-state index in [0.717, 1.165) is 43.4 Å². The van der Waals surface area contributed by atoms with Crippen LogP contribution in [0.1, 0.15) is 17.8 Å². The van der Waals surface area contributed by atoms with E-state index >= 15 is 0 Å². The fraction of sp³-hybridized carbons (Fsp3) is 0.462. The van der Waals surface area contributed by atoms with Crippen molar-refractivity contribution in [1.29, 1.82) is 0 Å². The van der Waals surface area contributed by atoms with E-state index in [1.54, 1.807) is 23.7 Å². The average Bonchev–Trinajstić information content (AvgIpc) is 3.00. The molecule has 0 amide bonds. The van der Waals surface area contributed by atoms with Gasteiger partial charge >= 0.3 is 0 Å². The predicted molar refractivity (Wildman–Crippen MR) is 76.2 cm³/mol. The Kier molecular flexibility index (Phi) is 4.00. The molecular weight excluding hydrogens is 258 g/mol. The van der Waals surface area contributed by atoms with Crippen molar-refractivity contribution in [2.75, 3.05) is 18.0 Å². The van der Waals surface area contributed by atoms with Gasteiger partial charge in [-0.3, -0.25) is 0 Å².